The Balaban J connectivity index is 1.81. The van der Waals surface area contributed by atoms with Crippen molar-refractivity contribution in [3.63, 3.8) is 0 Å². The van der Waals surface area contributed by atoms with Crippen molar-refractivity contribution >= 4 is 17.3 Å². The van der Waals surface area contributed by atoms with Gasteiger partial charge in [-0.1, -0.05) is 12.1 Å². The molecule has 0 radical (unpaired) electrons. The van der Waals surface area contributed by atoms with Crippen molar-refractivity contribution in [1.82, 2.24) is 20.6 Å². The molecule has 1 aliphatic rings. The van der Waals surface area contributed by atoms with Crippen molar-refractivity contribution in [2.45, 2.75) is 13.0 Å². The number of fused-ring (bicyclic) bond motifs is 1. The molecule has 3 aromatic rings. The highest BCUT2D eigenvalue weighted by molar-refractivity contribution is 6.06. The number of ether oxygens (including phenoxy) is 2. The number of benzene rings is 1. The zero-order chi connectivity index (χ0) is 22.5. The third-order valence-corrected chi connectivity index (χ3v) is 4.99. The fraction of sp³-hybridized carbons (Fsp3) is 0.273. The number of aromatic amines is 1. The number of carbonyl (C=O) groups excluding carboxylic acids is 1. The highest BCUT2D eigenvalue weighted by atomic mass is 19.3. The minimum absolute atomic E-state index is 0.0279. The molecular weight excluding hydrogens is 420 g/mol. The molecule has 1 aliphatic heterocycles. The van der Waals surface area contributed by atoms with Crippen molar-refractivity contribution in [3.05, 3.63) is 54.0 Å². The summed E-state index contributed by atoms with van der Waals surface area (Å²) in [7, 11) is 1.83. The maximum Gasteiger partial charge on any atom is 0.387 e. The van der Waals surface area contributed by atoms with Crippen LogP contribution in [-0.4, -0.2) is 49.2 Å². The zero-order valence-corrected chi connectivity index (χ0v) is 17.4. The second kappa shape index (κ2) is 9.65. The Morgan fingerprint density at radius 2 is 2.06 bits per heavy atom. The number of pyridine rings is 1. The second-order valence-electron chi connectivity index (χ2n) is 7.06. The first-order chi connectivity index (χ1) is 15.6. The fourth-order valence-corrected chi connectivity index (χ4v) is 3.57. The van der Waals surface area contributed by atoms with Crippen LogP contribution >= 0.6 is 0 Å². The lowest BCUT2D eigenvalue weighted by molar-refractivity contribution is -0.0493. The third kappa shape index (κ3) is 4.50. The lowest BCUT2D eigenvalue weighted by Gasteiger charge is -2.17. The maximum absolute atomic E-state index is 12.9. The average Bonchev–Trinajstić information content (AvgIpc) is 3.15. The van der Waals surface area contributed by atoms with E-state index in [-0.39, 0.29) is 11.7 Å². The molecule has 0 fully saturated rings. The van der Waals surface area contributed by atoms with E-state index in [0.29, 0.717) is 60.1 Å². The Morgan fingerprint density at radius 1 is 1.22 bits per heavy atom. The SMILES string of the molecule is CNCCOc1cnccc1-c1[nH]c2c(c1Nc1ccccc1OC(F)F)C(=O)NCC2. The smallest absolute Gasteiger partial charge is 0.387 e. The molecule has 0 aliphatic carbocycles. The van der Waals surface area contributed by atoms with Gasteiger partial charge < -0.3 is 30.4 Å². The Kier molecular flexibility index (Phi) is 6.50. The first-order valence-electron chi connectivity index (χ1n) is 10.1. The second-order valence-corrected chi connectivity index (χ2v) is 7.06. The van der Waals surface area contributed by atoms with E-state index in [1.807, 2.05) is 7.05 Å². The minimum Gasteiger partial charge on any atom is -0.490 e. The topological polar surface area (TPSA) is 100 Å². The molecule has 0 saturated carbocycles. The van der Waals surface area contributed by atoms with Crippen LogP contribution in [0.25, 0.3) is 11.3 Å². The Labute approximate surface area is 183 Å². The van der Waals surface area contributed by atoms with E-state index in [2.05, 4.69) is 30.7 Å². The van der Waals surface area contributed by atoms with Crippen LogP contribution in [0.15, 0.2) is 42.7 Å². The number of H-pyrrole nitrogens is 1. The van der Waals surface area contributed by atoms with Gasteiger partial charge in [0, 0.05) is 37.0 Å². The van der Waals surface area contributed by atoms with Crippen LogP contribution in [0.5, 0.6) is 11.5 Å². The van der Waals surface area contributed by atoms with Gasteiger partial charge in [0.25, 0.3) is 5.91 Å². The highest BCUT2D eigenvalue weighted by Crippen LogP contribution is 2.41. The van der Waals surface area contributed by atoms with Crippen LogP contribution in [0.2, 0.25) is 0 Å². The quantitative estimate of drug-likeness (QED) is 0.379. The normalized spacial score (nSPS) is 12.9. The van der Waals surface area contributed by atoms with Gasteiger partial charge in [0.1, 0.15) is 18.1 Å². The van der Waals surface area contributed by atoms with Gasteiger partial charge in [-0.2, -0.15) is 8.78 Å². The van der Waals surface area contributed by atoms with E-state index in [9.17, 15) is 13.6 Å². The molecular formula is C22H23F2N5O3. The molecule has 2 aromatic heterocycles. The van der Waals surface area contributed by atoms with Gasteiger partial charge in [-0.3, -0.25) is 9.78 Å². The molecule has 10 heteroatoms. The van der Waals surface area contributed by atoms with Crippen LogP contribution in [0.3, 0.4) is 0 Å². The summed E-state index contributed by atoms with van der Waals surface area (Å²) < 4.78 is 36.3. The molecule has 168 valence electrons. The van der Waals surface area contributed by atoms with E-state index in [1.165, 1.54) is 6.07 Å². The van der Waals surface area contributed by atoms with Gasteiger partial charge in [0.05, 0.1) is 28.8 Å². The number of alkyl halides is 2. The van der Waals surface area contributed by atoms with Crippen molar-refractivity contribution in [2.75, 3.05) is 32.1 Å². The molecule has 1 amide bonds. The van der Waals surface area contributed by atoms with Crippen molar-refractivity contribution < 1.29 is 23.0 Å². The van der Waals surface area contributed by atoms with Crippen LogP contribution in [0, 0.1) is 0 Å². The molecule has 0 saturated heterocycles. The summed E-state index contributed by atoms with van der Waals surface area (Å²) in [6.07, 6.45) is 3.83. The van der Waals surface area contributed by atoms with Crippen LogP contribution in [-0.2, 0) is 6.42 Å². The number of amides is 1. The molecule has 3 heterocycles. The fourth-order valence-electron chi connectivity index (χ4n) is 3.57. The number of likely N-dealkylation sites (N-methyl/N-ethyl adjacent to an activating group) is 1. The highest BCUT2D eigenvalue weighted by Gasteiger charge is 2.28. The molecule has 1 aromatic carbocycles. The van der Waals surface area contributed by atoms with E-state index in [1.54, 1.807) is 36.7 Å². The lowest BCUT2D eigenvalue weighted by atomic mass is 10.0. The van der Waals surface area contributed by atoms with Crippen molar-refractivity contribution in [2.24, 2.45) is 0 Å². The number of hydrogen-bond acceptors (Lipinski definition) is 6. The van der Waals surface area contributed by atoms with E-state index in [4.69, 9.17) is 4.74 Å². The standard InChI is InChI=1S/C22H23F2N5O3/c1-25-10-11-31-17-12-26-8-6-13(17)19-20(18-15(29-19)7-9-27-21(18)30)28-14-4-2-3-5-16(14)32-22(23)24/h2-6,8,12,22,25,28-29H,7,9-11H2,1H3,(H,27,30). The number of nitrogens with zero attached hydrogens (tertiary/aromatic N) is 1. The van der Waals surface area contributed by atoms with E-state index >= 15 is 0 Å². The molecule has 4 rings (SSSR count). The summed E-state index contributed by atoms with van der Waals surface area (Å²) in [5, 5.41) is 8.98. The predicted molar refractivity (Wildman–Crippen MR) is 116 cm³/mol. The summed E-state index contributed by atoms with van der Waals surface area (Å²) in [6, 6.07) is 8.11. The molecule has 0 spiro atoms. The number of hydrogen-bond donors (Lipinski definition) is 4. The summed E-state index contributed by atoms with van der Waals surface area (Å²) in [5.74, 6) is 0.247. The molecule has 4 N–H and O–H groups in total. The van der Waals surface area contributed by atoms with Gasteiger partial charge in [0.15, 0.2) is 0 Å². The predicted octanol–water partition coefficient (Wildman–Crippen LogP) is 3.31. The average molecular weight is 443 g/mol. The van der Waals surface area contributed by atoms with E-state index < -0.39 is 6.61 Å². The summed E-state index contributed by atoms with van der Waals surface area (Å²) in [4.78, 5) is 20.2. The molecule has 0 unspecified atom stereocenters. The first-order valence-corrected chi connectivity index (χ1v) is 10.1. The lowest BCUT2D eigenvalue weighted by Crippen LogP contribution is -2.31. The van der Waals surface area contributed by atoms with Crippen LogP contribution < -0.4 is 25.4 Å². The molecule has 32 heavy (non-hydrogen) atoms. The maximum atomic E-state index is 12.9. The monoisotopic (exact) mass is 443 g/mol. The Bertz CT molecular complexity index is 1100. The summed E-state index contributed by atoms with van der Waals surface area (Å²) in [5.41, 5.74) is 3.22. The minimum atomic E-state index is -2.98. The number of para-hydroxylation sites is 2. The van der Waals surface area contributed by atoms with Crippen LogP contribution in [0.4, 0.5) is 20.2 Å². The first kappa shape index (κ1) is 21.6. The summed E-state index contributed by atoms with van der Waals surface area (Å²) >= 11 is 0. The van der Waals surface area contributed by atoms with Gasteiger partial charge in [-0.25, -0.2) is 0 Å². The van der Waals surface area contributed by atoms with Gasteiger partial charge in [0.2, 0.25) is 0 Å². The van der Waals surface area contributed by atoms with E-state index in [0.717, 1.165) is 5.69 Å². The number of anilines is 2. The largest absolute Gasteiger partial charge is 0.490 e. The molecule has 8 nitrogen and oxygen atoms in total. The number of carbonyl (C=O) groups is 1. The number of rotatable bonds is 9. The number of halogens is 2. The van der Waals surface area contributed by atoms with Gasteiger partial charge >= 0.3 is 6.61 Å². The zero-order valence-electron chi connectivity index (χ0n) is 17.4. The van der Waals surface area contributed by atoms with Crippen molar-refractivity contribution in [3.8, 4) is 22.8 Å². The van der Waals surface area contributed by atoms with Gasteiger partial charge in [-0.05, 0) is 25.2 Å². The molecule has 0 atom stereocenters. The molecule has 0 bridgehead atoms. The summed E-state index contributed by atoms with van der Waals surface area (Å²) in [6.45, 7) is -1.42. The number of aromatic nitrogens is 2. The third-order valence-electron chi connectivity index (χ3n) is 4.99. The number of nitrogens with one attached hydrogen (secondary N) is 4. The van der Waals surface area contributed by atoms with Crippen LogP contribution in [0.1, 0.15) is 16.1 Å². The van der Waals surface area contributed by atoms with Crippen molar-refractivity contribution in [1.29, 1.82) is 0 Å². The Hall–Kier alpha value is -3.66. The van der Waals surface area contributed by atoms with Gasteiger partial charge in [-0.15, -0.1) is 0 Å². The Morgan fingerprint density at radius 3 is 2.88 bits per heavy atom.